The van der Waals surface area contributed by atoms with Gasteiger partial charge in [0.05, 0.1) is 14.2 Å². The van der Waals surface area contributed by atoms with Crippen molar-refractivity contribution in [3.8, 4) is 11.5 Å². The number of rotatable bonds is 4. The Hall–Kier alpha value is -1.26. The van der Waals surface area contributed by atoms with Gasteiger partial charge in [-0.15, -0.1) is 0 Å². The van der Waals surface area contributed by atoms with Crippen LogP contribution >= 0.6 is 0 Å². The van der Waals surface area contributed by atoms with Gasteiger partial charge in [-0.05, 0) is 62.8 Å². The number of methoxy groups -OCH3 is 2. The molecule has 3 fully saturated rings. The van der Waals surface area contributed by atoms with Crippen LogP contribution in [0.5, 0.6) is 11.5 Å². The topological polar surface area (TPSA) is 47.7 Å². The Morgan fingerprint density at radius 1 is 1.08 bits per heavy atom. The van der Waals surface area contributed by atoms with E-state index in [-0.39, 0.29) is 5.41 Å². The highest BCUT2D eigenvalue weighted by atomic mass is 16.5. The van der Waals surface area contributed by atoms with Gasteiger partial charge in [-0.1, -0.05) is 12.5 Å². The predicted molar refractivity (Wildman–Crippen MR) is 95.8 cm³/mol. The zero-order valence-corrected chi connectivity index (χ0v) is 15.0. The summed E-state index contributed by atoms with van der Waals surface area (Å²) in [6.45, 7) is 1.22. The minimum Gasteiger partial charge on any atom is -0.493 e. The summed E-state index contributed by atoms with van der Waals surface area (Å²) in [6.07, 6.45) is 8.83. The Bertz CT molecular complexity index is 601. The Morgan fingerprint density at radius 3 is 2.54 bits per heavy atom. The number of nitrogens with zero attached hydrogens (tertiary/aromatic N) is 1. The Morgan fingerprint density at radius 2 is 1.88 bits per heavy atom. The minimum atomic E-state index is 0.241. The van der Waals surface area contributed by atoms with Gasteiger partial charge in [0.1, 0.15) is 0 Å². The molecule has 132 valence electrons. The zero-order valence-electron chi connectivity index (χ0n) is 15.0. The standard InChI is InChI=1S/C20H30N2O2/c1-23-17-7-6-14(12-18(17)24-2)20-9-8-15(21)13-19(20)22(11-10-20)16-4-3-5-16/h6-7,12,15-16,19H,3-5,8-11,13,21H2,1-2H3/t15-,19+,20+/m1/s1. The number of fused-ring (bicyclic) bond motifs is 1. The highest BCUT2D eigenvalue weighted by molar-refractivity contribution is 5.46. The Labute approximate surface area is 145 Å². The van der Waals surface area contributed by atoms with Gasteiger partial charge in [0, 0.05) is 23.5 Å². The van der Waals surface area contributed by atoms with Crippen molar-refractivity contribution in [3.05, 3.63) is 23.8 Å². The summed E-state index contributed by atoms with van der Waals surface area (Å²) in [5.41, 5.74) is 8.04. The fraction of sp³-hybridized carbons (Fsp3) is 0.700. The molecular formula is C20H30N2O2. The molecule has 0 radical (unpaired) electrons. The maximum absolute atomic E-state index is 6.38. The van der Waals surface area contributed by atoms with E-state index >= 15 is 0 Å². The number of ether oxygens (including phenoxy) is 2. The SMILES string of the molecule is COc1ccc([C@@]23CC[C@@H](N)C[C@@H]2N(C2CCC2)CC3)cc1OC. The molecule has 2 aliphatic carbocycles. The third kappa shape index (κ3) is 2.42. The van der Waals surface area contributed by atoms with Gasteiger partial charge in [-0.25, -0.2) is 0 Å². The first-order chi connectivity index (χ1) is 11.7. The maximum Gasteiger partial charge on any atom is 0.161 e. The molecule has 0 spiro atoms. The maximum atomic E-state index is 6.38. The molecule has 3 atom stereocenters. The van der Waals surface area contributed by atoms with Gasteiger partial charge in [-0.3, -0.25) is 4.90 Å². The van der Waals surface area contributed by atoms with Crippen LogP contribution in [-0.4, -0.2) is 43.8 Å². The van der Waals surface area contributed by atoms with Crippen LogP contribution < -0.4 is 15.2 Å². The van der Waals surface area contributed by atoms with E-state index in [1.807, 2.05) is 0 Å². The highest BCUT2D eigenvalue weighted by Gasteiger charge is 2.53. The number of hydrogen-bond donors (Lipinski definition) is 1. The van der Waals surface area contributed by atoms with E-state index in [9.17, 15) is 0 Å². The lowest BCUT2D eigenvalue weighted by Gasteiger charge is -2.48. The predicted octanol–water partition coefficient (Wildman–Crippen LogP) is 3.08. The summed E-state index contributed by atoms with van der Waals surface area (Å²) >= 11 is 0. The average Bonchev–Trinajstić information content (AvgIpc) is 2.92. The second-order valence-electron chi connectivity index (χ2n) is 7.85. The molecule has 2 N–H and O–H groups in total. The van der Waals surface area contributed by atoms with Crippen molar-refractivity contribution in [2.24, 2.45) is 5.73 Å². The molecule has 24 heavy (non-hydrogen) atoms. The van der Waals surface area contributed by atoms with E-state index in [0.29, 0.717) is 12.1 Å². The quantitative estimate of drug-likeness (QED) is 0.922. The van der Waals surface area contributed by atoms with Gasteiger partial charge < -0.3 is 15.2 Å². The van der Waals surface area contributed by atoms with Gasteiger partial charge >= 0.3 is 0 Å². The third-order valence-electron chi connectivity index (χ3n) is 6.84. The lowest BCUT2D eigenvalue weighted by Crippen LogP contribution is -2.54. The molecule has 1 aromatic rings. The smallest absolute Gasteiger partial charge is 0.161 e. The monoisotopic (exact) mass is 330 g/mol. The van der Waals surface area contributed by atoms with Crippen molar-refractivity contribution >= 4 is 0 Å². The summed E-state index contributed by atoms with van der Waals surface area (Å²) in [7, 11) is 3.43. The van der Waals surface area contributed by atoms with Crippen molar-refractivity contribution in [3.63, 3.8) is 0 Å². The molecule has 4 rings (SSSR count). The van der Waals surface area contributed by atoms with Crippen molar-refractivity contribution in [2.75, 3.05) is 20.8 Å². The zero-order chi connectivity index (χ0) is 16.7. The largest absolute Gasteiger partial charge is 0.493 e. The fourth-order valence-electron chi connectivity index (χ4n) is 5.25. The van der Waals surface area contributed by atoms with E-state index in [1.165, 1.54) is 44.2 Å². The first-order valence-corrected chi connectivity index (χ1v) is 9.42. The van der Waals surface area contributed by atoms with Crippen molar-refractivity contribution < 1.29 is 9.47 Å². The highest BCUT2D eigenvalue weighted by Crippen LogP contribution is 2.51. The molecule has 1 aromatic carbocycles. The van der Waals surface area contributed by atoms with Crippen LogP contribution in [0, 0.1) is 0 Å². The van der Waals surface area contributed by atoms with Crippen LogP contribution in [-0.2, 0) is 5.41 Å². The number of benzene rings is 1. The van der Waals surface area contributed by atoms with Crippen LogP contribution in [0.25, 0.3) is 0 Å². The molecule has 0 amide bonds. The molecule has 0 bridgehead atoms. The second-order valence-corrected chi connectivity index (χ2v) is 7.85. The molecular weight excluding hydrogens is 300 g/mol. The normalized spacial score (nSPS) is 33.8. The van der Waals surface area contributed by atoms with Gasteiger partial charge in [0.2, 0.25) is 0 Å². The third-order valence-corrected chi connectivity index (χ3v) is 6.84. The van der Waals surface area contributed by atoms with E-state index < -0.39 is 0 Å². The van der Waals surface area contributed by atoms with Crippen molar-refractivity contribution in [1.82, 2.24) is 4.90 Å². The van der Waals surface area contributed by atoms with E-state index in [1.54, 1.807) is 14.2 Å². The molecule has 2 saturated carbocycles. The molecule has 0 unspecified atom stereocenters. The molecule has 1 heterocycles. The molecule has 1 saturated heterocycles. The number of hydrogen-bond acceptors (Lipinski definition) is 4. The summed E-state index contributed by atoms with van der Waals surface area (Å²) in [6, 6.07) is 8.28. The molecule has 4 heteroatoms. The first-order valence-electron chi connectivity index (χ1n) is 9.42. The first kappa shape index (κ1) is 16.2. The summed E-state index contributed by atoms with van der Waals surface area (Å²) < 4.78 is 11.0. The Kier molecular flexibility index (Phi) is 4.21. The molecule has 3 aliphatic rings. The van der Waals surface area contributed by atoms with Crippen LogP contribution in [0.15, 0.2) is 18.2 Å². The molecule has 4 nitrogen and oxygen atoms in total. The minimum absolute atomic E-state index is 0.241. The number of likely N-dealkylation sites (tertiary alicyclic amines) is 1. The molecule has 0 aromatic heterocycles. The summed E-state index contributed by atoms with van der Waals surface area (Å²) in [5, 5.41) is 0. The lowest BCUT2D eigenvalue weighted by molar-refractivity contribution is 0.0678. The fourth-order valence-corrected chi connectivity index (χ4v) is 5.25. The average molecular weight is 330 g/mol. The van der Waals surface area contributed by atoms with E-state index in [2.05, 4.69) is 23.1 Å². The van der Waals surface area contributed by atoms with Crippen LogP contribution in [0.3, 0.4) is 0 Å². The summed E-state index contributed by atoms with van der Waals surface area (Å²) in [5.74, 6) is 1.66. The van der Waals surface area contributed by atoms with Gasteiger partial charge in [0.15, 0.2) is 11.5 Å². The van der Waals surface area contributed by atoms with Crippen molar-refractivity contribution in [1.29, 1.82) is 0 Å². The van der Waals surface area contributed by atoms with Crippen LogP contribution in [0.1, 0.15) is 50.5 Å². The van der Waals surface area contributed by atoms with E-state index in [0.717, 1.165) is 30.4 Å². The van der Waals surface area contributed by atoms with Gasteiger partial charge in [0.25, 0.3) is 0 Å². The number of nitrogens with two attached hydrogens (primary N) is 1. The van der Waals surface area contributed by atoms with Gasteiger partial charge in [-0.2, -0.15) is 0 Å². The Balaban J connectivity index is 1.71. The summed E-state index contributed by atoms with van der Waals surface area (Å²) in [4.78, 5) is 2.79. The van der Waals surface area contributed by atoms with Crippen LogP contribution in [0.2, 0.25) is 0 Å². The molecule has 1 aliphatic heterocycles. The lowest BCUT2D eigenvalue weighted by atomic mass is 9.65. The second kappa shape index (κ2) is 6.23. The van der Waals surface area contributed by atoms with Crippen molar-refractivity contribution in [2.45, 2.75) is 68.5 Å². The van der Waals surface area contributed by atoms with E-state index in [4.69, 9.17) is 15.2 Å². The van der Waals surface area contributed by atoms with Crippen LogP contribution in [0.4, 0.5) is 0 Å².